The minimum absolute atomic E-state index is 0.0706. The molecule has 6 heteroatoms. The van der Waals surface area contributed by atoms with Crippen LogP contribution in [0.1, 0.15) is 55.6 Å². The molecule has 0 saturated carbocycles. The van der Waals surface area contributed by atoms with Crippen LogP contribution in [0.3, 0.4) is 0 Å². The van der Waals surface area contributed by atoms with Gasteiger partial charge in [0.05, 0.1) is 0 Å². The molecular weight excluding hydrogens is 370 g/mol. The number of ether oxygens (including phenoxy) is 2. The Hall–Kier alpha value is -3.15. The fraction of sp³-hybridized carbons (Fsp3) is 0.348. The molecule has 1 N–H and O–H groups in total. The number of esters is 1. The Bertz CT molecular complexity index is 812. The third kappa shape index (κ3) is 7.78. The lowest BCUT2D eigenvalue weighted by Gasteiger charge is -2.20. The third-order valence-electron chi connectivity index (χ3n) is 3.87. The summed E-state index contributed by atoms with van der Waals surface area (Å²) < 4.78 is 10.6. The van der Waals surface area contributed by atoms with E-state index in [0.29, 0.717) is 17.5 Å². The standard InChI is InChI=1S/C23H27NO5/c1-23(2,3)29-22(27)24-16-10-15-19(25)28-21(18-13-8-5-9-14-18)20(26)17-11-6-4-7-12-17/h4-9,11-14,21H,10,15-16H2,1-3H3,(H,24,27)/t21-/m1/s1. The van der Waals surface area contributed by atoms with Crippen molar-refractivity contribution >= 4 is 17.8 Å². The Morgan fingerprint density at radius 3 is 2.10 bits per heavy atom. The monoisotopic (exact) mass is 397 g/mol. The van der Waals surface area contributed by atoms with Crippen molar-refractivity contribution < 1.29 is 23.9 Å². The molecule has 0 unspecified atom stereocenters. The molecule has 0 saturated heterocycles. The van der Waals surface area contributed by atoms with Gasteiger partial charge >= 0.3 is 12.1 Å². The fourth-order valence-corrected chi connectivity index (χ4v) is 2.58. The van der Waals surface area contributed by atoms with E-state index in [4.69, 9.17) is 9.47 Å². The topological polar surface area (TPSA) is 81.7 Å². The normalized spacial score (nSPS) is 12.0. The molecule has 1 atom stereocenters. The minimum Gasteiger partial charge on any atom is -0.449 e. The predicted octanol–water partition coefficient (Wildman–Crippen LogP) is 4.46. The maximum Gasteiger partial charge on any atom is 0.407 e. The van der Waals surface area contributed by atoms with Gasteiger partial charge < -0.3 is 14.8 Å². The Morgan fingerprint density at radius 2 is 1.52 bits per heavy atom. The first-order valence-electron chi connectivity index (χ1n) is 9.57. The van der Waals surface area contributed by atoms with Crippen LogP contribution >= 0.6 is 0 Å². The van der Waals surface area contributed by atoms with Crippen LogP contribution in [0.5, 0.6) is 0 Å². The molecule has 0 fully saturated rings. The van der Waals surface area contributed by atoms with E-state index >= 15 is 0 Å². The number of carbonyl (C=O) groups is 3. The van der Waals surface area contributed by atoms with Gasteiger partial charge in [-0.2, -0.15) is 0 Å². The van der Waals surface area contributed by atoms with Gasteiger partial charge in [0.2, 0.25) is 5.78 Å². The quantitative estimate of drug-likeness (QED) is 0.404. The van der Waals surface area contributed by atoms with Crippen molar-refractivity contribution in [3.63, 3.8) is 0 Å². The first kappa shape index (κ1) is 22.1. The summed E-state index contributed by atoms with van der Waals surface area (Å²) in [5.74, 6) is -0.786. The summed E-state index contributed by atoms with van der Waals surface area (Å²) in [6.07, 6.45) is -1.10. The van der Waals surface area contributed by atoms with Crippen molar-refractivity contribution in [3.05, 3.63) is 71.8 Å². The third-order valence-corrected chi connectivity index (χ3v) is 3.87. The zero-order valence-corrected chi connectivity index (χ0v) is 17.0. The molecule has 0 aliphatic carbocycles. The predicted molar refractivity (Wildman–Crippen MR) is 110 cm³/mol. The average Bonchev–Trinajstić information content (AvgIpc) is 2.69. The van der Waals surface area contributed by atoms with Crippen molar-refractivity contribution in [2.75, 3.05) is 6.54 Å². The van der Waals surface area contributed by atoms with Gasteiger partial charge in [-0.05, 0) is 27.2 Å². The van der Waals surface area contributed by atoms with Crippen molar-refractivity contribution in [1.29, 1.82) is 0 Å². The molecule has 0 spiro atoms. The Kier molecular flexibility index (Phi) is 7.95. The van der Waals surface area contributed by atoms with Crippen LogP contribution in [-0.4, -0.2) is 30.0 Å². The van der Waals surface area contributed by atoms with Crippen molar-refractivity contribution in [1.82, 2.24) is 5.32 Å². The molecule has 0 bridgehead atoms. The maximum atomic E-state index is 12.9. The van der Waals surface area contributed by atoms with Crippen LogP contribution in [0.4, 0.5) is 4.79 Å². The number of ketones is 1. The van der Waals surface area contributed by atoms with Crippen molar-refractivity contribution in [2.45, 2.75) is 45.3 Å². The molecule has 0 aromatic heterocycles. The van der Waals surface area contributed by atoms with Gasteiger partial charge in [0.25, 0.3) is 0 Å². The van der Waals surface area contributed by atoms with Gasteiger partial charge in [0.1, 0.15) is 5.60 Å². The van der Waals surface area contributed by atoms with Crippen LogP contribution in [-0.2, 0) is 14.3 Å². The number of benzene rings is 2. The van der Waals surface area contributed by atoms with Gasteiger partial charge in [0, 0.05) is 24.1 Å². The number of hydrogen-bond donors (Lipinski definition) is 1. The number of amides is 1. The Labute approximate surface area is 171 Å². The summed E-state index contributed by atoms with van der Waals surface area (Å²) >= 11 is 0. The van der Waals surface area contributed by atoms with E-state index in [1.165, 1.54) is 0 Å². The van der Waals surface area contributed by atoms with E-state index in [0.717, 1.165) is 0 Å². The lowest BCUT2D eigenvalue weighted by molar-refractivity contribution is -0.147. The van der Waals surface area contributed by atoms with Crippen LogP contribution in [0.2, 0.25) is 0 Å². The number of alkyl carbamates (subject to hydrolysis) is 1. The molecule has 2 aromatic carbocycles. The van der Waals surface area contributed by atoms with E-state index in [9.17, 15) is 14.4 Å². The highest BCUT2D eigenvalue weighted by Gasteiger charge is 2.26. The van der Waals surface area contributed by atoms with Crippen LogP contribution in [0.25, 0.3) is 0 Å². The van der Waals surface area contributed by atoms with Gasteiger partial charge in [-0.3, -0.25) is 9.59 Å². The van der Waals surface area contributed by atoms with Crippen LogP contribution in [0.15, 0.2) is 60.7 Å². The van der Waals surface area contributed by atoms with Crippen LogP contribution in [0, 0.1) is 0 Å². The second-order valence-corrected chi connectivity index (χ2v) is 7.54. The second-order valence-electron chi connectivity index (χ2n) is 7.54. The van der Waals surface area contributed by atoms with E-state index in [2.05, 4.69) is 5.32 Å². The van der Waals surface area contributed by atoms with Crippen molar-refractivity contribution in [3.8, 4) is 0 Å². The van der Waals surface area contributed by atoms with Crippen molar-refractivity contribution in [2.24, 2.45) is 0 Å². The first-order chi connectivity index (χ1) is 13.8. The van der Waals surface area contributed by atoms with E-state index in [1.54, 1.807) is 69.3 Å². The molecule has 0 heterocycles. The highest BCUT2D eigenvalue weighted by atomic mass is 16.6. The summed E-state index contributed by atoms with van der Waals surface area (Å²) in [7, 11) is 0. The molecule has 29 heavy (non-hydrogen) atoms. The molecule has 154 valence electrons. The minimum atomic E-state index is -1.01. The summed E-state index contributed by atoms with van der Waals surface area (Å²) in [5, 5.41) is 2.59. The lowest BCUT2D eigenvalue weighted by atomic mass is 10.00. The van der Waals surface area contributed by atoms with Crippen LogP contribution < -0.4 is 5.32 Å². The van der Waals surface area contributed by atoms with E-state index in [-0.39, 0.29) is 18.7 Å². The van der Waals surface area contributed by atoms with Gasteiger partial charge in [-0.25, -0.2) is 4.79 Å². The molecule has 0 aliphatic rings. The fourth-order valence-electron chi connectivity index (χ4n) is 2.58. The summed E-state index contributed by atoms with van der Waals surface area (Å²) in [6.45, 7) is 5.60. The molecule has 2 aromatic rings. The summed E-state index contributed by atoms with van der Waals surface area (Å²) in [6, 6.07) is 17.6. The number of carbonyl (C=O) groups excluding carboxylic acids is 3. The lowest BCUT2D eigenvalue weighted by Crippen LogP contribution is -2.33. The van der Waals surface area contributed by atoms with Gasteiger partial charge in [-0.15, -0.1) is 0 Å². The maximum absolute atomic E-state index is 12.9. The highest BCUT2D eigenvalue weighted by molar-refractivity contribution is 6.00. The molecular formula is C23H27NO5. The summed E-state index contributed by atoms with van der Waals surface area (Å²) in [4.78, 5) is 36.8. The van der Waals surface area contributed by atoms with Gasteiger partial charge in [0.15, 0.2) is 6.10 Å². The number of Topliss-reactive ketones (excluding diaryl/α,β-unsaturated/α-hetero) is 1. The molecule has 2 rings (SSSR count). The first-order valence-corrected chi connectivity index (χ1v) is 9.57. The largest absolute Gasteiger partial charge is 0.449 e. The molecule has 0 radical (unpaired) electrons. The SMILES string of the molecule is CC(C)(C)OC(=O)NCCCC(=O)O[C@@H](C(=O)c1ccccc1)c1ccccc1. The Balaban J connectivity index is 1.93. The molecule has 0 aliphatic heterocycles. The summed E-state index contributed by atoms with van der Waals surface area (Å²) in [5.41, 5.74) is 0.506. The zero-order valence-electron chi connectivity index (χ0n) is 17.0. The number of nitrogens with one attached hydrogen (secondary N) is 1. The Morgan fingerprint density at radius 1 is 0.931 bits per heavy atom. The number of hydrogen-bond acceptors (Lipinski definition) is 5. The second kappa shape index (κ2) is 10.4. The van der Waals surface area contributed by atoms with Gasteiger partial charge in [-0.1, -0.05) is 60.7 Å². The highest BCUT2D eigenvalue weighted by Crippen LogP contribution is 2.23. The molecule has 1 amide bonds. The average molecular weight is 397 g/mol. The van der Waals surface area contributed by atoms with E-state index < -0.39 is 23.8 Å². The zero-order chi connectivity index (χ0) is 21.3. The van der Waals surface area contributed by atoms with E-state index in [1.807, 2.05) is 12.1 Å². The number of rotatable bonds is 8. The molecule has 6 nitrogen and oxygen atoms in total. The smallest absolute Gasteiger partial charge is 0.407 e.